The largest absolute Gasteiger partial charge is 0.384 e. The van der Waals surface area contributed by atoms with Crippen LogP contribution in [0, 0.1) is 0 Å². The quantitative estimate of drug-likeness (QED) is 0.608. The molecule has 0 rings (SSSR count). The molecule has 5 heteroatoms. The van der Waals surface area contributed by atoms with Gasteiger partial charge in [0.15, 0.2) is 0 Å². The zero-order valence-corrected chi connectivity index (χ0v) is 8.89. The maximum absolute atomic E-state index is 11.0. The van der Waals surface area contributed by atoms with E-state index in [0.717, 1.165) is 0 Å². The van der Waals surface area contributed by atoms with E-state index in [1.165, 1.54) is 13.4 Å². The summed E-state index contributed by atoms with van der Waals surface area (Å²) in [4.78, 5) is 11.0. The maximum atomic E-state index is 11.0. The summed E-state index contributed by atoms with van der Waals surface area (Å²) >= 11 is 0. The Morgan fingerprint density at radius 2 is 1.92 bits per heavy atom. The average molecular weight is 208 g/mol. The lowest BCUT2D eigenvalue weighted by atomic mass is 10.2. The normalized spacial score (nSPS) is 11.5. The van der Waals surface area contributed by atoms with Crippen molar-refractivity contribution in [2.24, 2.45) is 0 Å². The summed E-state index contributed by atoms with van der Waals surface area (Å²) in [6.45, 7) is 0.414. The third-order valence-electron chi connectivity index (χ3n) is 1.56. The average Bonchev–Trinajstić information content (AvgIpc) is 1.98. The van der Waals surface area contributed by atoms with Crippen LogP contribution in [-0.4, -0.2) is 39.9 Å². The predicted molar refractivity (Wildman–Crippen MR) is 50.4 cm³/mol. The van der Waals surface area contributed by atoms with Crippen molar-refractivity contribution in [1.82, 2.24) is 0 Å². The number of Topliss-reactive ketones (excluding diaryl/α,β-unsaturated/α-hetero) is 1. The van der Waals surface area contributed by atoms with E-state index in [4.69, 9.17) is 4.74 Å². The molecular formula is C8H16O4S. The van der Waals surface area contributed by atoms with E-state index in [9.17, 15) is 13.2 Å². The Bertz CT molecular complexity index is 243. The zero-order chi connectivity index (χ0) is 10.3. The molecule has 0 amide bonds. The Hall–Kier alpha value is -0.420. The number of hydrogen-bond donors (Lipinski definition) is 0. The Balaban J connectivity index is 3.49. The highest BCUT2D eigenvalue weighted by Crippen LogP contribution is 1.98. The van der Waals surface area contributed by atoms with Crippen LogP contribution in [-0.2, 0) is 19.4 Å². The van der Waals surface area contributed by atoms with Gasteiger partial charge >= 0.3 is 0 Å². The van der Waals surface area contributed by atoms with Crippen LogP contribution < -0.4 is 0 Å². The van der Waals surface area contributed by atoms with Crippen molar-refractivity contribution in [3.63, 3.8) is 0 Å². The summed E-state index contributed by atoms with van der Waals surface area (Å²) in [6, 6.07) is 0. The van der Waals surface area contributed by atoms with Gasteiger partial charge in [0.25, 0.3) is 0 Å². The highest BCUT2D eigenvalue weighted by atomic mass is 32.2. The van der Waals surface area contributed by atoms with Gasteiger partial charge in [0.1, 0.15) is 15.6 Å². The minimum Gasteiger partial charge on any atom is -0.384 e. The molecule has 0 radical (unpaired) electrons. The maximum Gasteiger partial charge on any atom is 0.147 e. The number of hydrogen-bond acceptors (Lipinski definition) is 4. The smallest absolute Gasteiger partial charge is 0.147 e. The van der Waals surface area contributed by atoms with Gasteiger partial charge in [-0.15, -0.1) is 0 Å². The molecule has 0 aliphatic heterocycles. The Kier molecular flexibility index (Phi) is 5.90. The summed E-state index contributed by atoms with van der Waals surface area (Å²) in [7, 11) is -1.39. The summed E-state index contributed by atoms with van der Waals surface area (Å²) in [5.41, 5.74) is 0. The number of methoxy groups -OCH3 is 1. The Labute approximate surface area is 79.2 Å². The van der Waals surface area contributed by atoms with Gasteiger partial charge in [-0.05, 0) is 6.42 Å². The van der Waals surface area contributed by atoms with Gasteiger partial charge in [0.2, 0.25) is 0 Å². The fourth-order valence-corrected chi connectivity index (χ4v) is 1.54. The van der Waals surface area contributed by atoms with Crippen LogP contribution >= 0.6 is 0 Å². The lowest BCUT2D eigenvalue weighted by Crippen LogP contribution is -2.07. The second-order valence-corrected chi connectivity index (χ2v) is 5.27. The van der Waals surface area contributed by atoms with Gasteiger partial charge in [-0.3, -0.25) is 4.79 Å². The molecule has 0 unspecified atom stereocenters. The lowest BCUT2D eigenvalue weighted by molar-refractivity contribution is -0.119. The molecule has 0 aromatic carbocycles. The van der Waals surface area contributed by atoms with Crippen molar-refractivity contribution in [2.45, 2.75) is 19.3 Å². The number of carbonyl (C=O) groups is 1. The molecular weight excluding hydrogens is 192 g/mol. The van der Waals surface area contributed by atoms with Gasteiger partial charge in [0.05, 0.1) is 12.4 Å². The molecule has 0 fully saturated rings. The monoisotopic (exact) mass is 208 g/mol. The summed E-state index contributed by atoms with van der Waals surface area (Å²) in [6.07, 6.45) is 2.30. The van der Waals surface area contributed by atoms with E-state index >= 15 is 0 Å². The van der Waals surface area contributed by atoms with Crippen molar-refractivity contribution in [1.29, 1.82) is 0 Å². The highest BCUT2D eigenvalue weighted by Gasteiger charge is 2.05. The molecule has 0 heterocycles. The fraction of sp³-hybridized carbons (Fsp3) is 0.875. The molecule has 0 atom stereocenters. The summed E-state index contributed by atoms with van der Waals surface area (Å²) in [5.74, 6) is 0.150. The zero-order valence-electron chi connectivity index (χ0n) is 8.08. The highest BCUT2D eigenvalue weighted by molar-refractivity contribution is 7.90. The number of ether oxygens (including phenoxy) is 1. The molecule has 0 aliphatic rings. The van der Waals surface area contributed by atoms with Crippen molar-refractivity contribution >= 4 is 15.6 Å². The molecule has 4 nitrogen and oxygen atoms in total. The predicted octanol–water partition coefficient (Wildman–Crippen LogP) is 0.417. The molecule has 0 saturated heterocycles. The van der Waals surface area contributed by atoms with Crippen LogP contribution in [0.15, 0.2) is 0 Å². The van der Waals surface area contributed by atoms with E-state index in [0.29, 0.717) is 25.9 Å². The van der Waals surface area contributed by atoms with Crippen molar-refractivity contribution < 1.29 is 17.9 Å². The molecule has 0 saturated carbocycles. The summed E-state index contributed by atoms with van der Waals surface area (Å²) < 4.78 is 26.1. The molecule has 0 aromatic rings. The topological polar surface area (TPSA) is 60.4 Å². The second kappa shape index (κ2) is 6.10. The minimum absolute atomic E-state index is 0.0606. The molecule has 0 aromatic heterocycles. The Morgan fingerprint density at radius 1 is 1.31 bits per heavy atom. The third-order valence-corrected chi connectivity index (χ3v) is 2.59. The number of rotatable bonds is 7. The van der Waals surface area contributed by atoms with Crippen LogP contribution in [0.5, 0.6) is 0 Å². The van der Waals surface area contributed by atoms with E-state index in [2.05, 4.69) is 0 Å². The lowest BCUT2D eigenvalue weighted by Gasteiger charge is -1.99. The minimum atomic E-state index is -2.92. The number of carbonyl (C=O) groups excluding carboxylic acids is 1. The molecule has 0 aliphatic carbocycles. The standard InChI is InChI=1S/C8H16O4S/c1-12-6-5-8(9)4-3-7-13(2,10)11/h3-7H2,1-2H3. The molecule has 78 valence electrons. The van der Waals surface area contributed by atoms with Gasteiger partial charge < -0.3 is 4.74 Å². The van der Waals surface area contributed by atoms with Crippen molar-refractivity contribution in [2.75, 3.05) is 25.7 Å². The van der Waals surface area contributed by atoms with E-state index in [1.54, 1.807) is 0 Å². The van der Waals surface area contributed by atoms with E-state index in [-0.39, 0.29) is 11.5 Å². The summed E-state index contributed by atoms with van der Waals surface area (Å²) in [5, 5.41) is 0. The van der Waals surface area contributed by atoms with Gasteiger partial charge in [-0.1, -0.05) is 0 Å². The van der Waals surface area contributed by atoms with Crippen LogP contribution in [0.4, 0.5) is 0 Å². The first-order valence-corrected chi connectivity index (χ1v) is 6.20. The second-order valence-electron chi connectivity index (χ2n) is 3.01. The van der Waals surface area contributed by atoms with Crippen LogP contribution in [0.1, 0.15) is 19.3 Å². The molecule has 0 bridgehead atoms. The first-order valence-electron chi connectivity index (χ1n) is 4.14. The first kappa shape index (κ1) is 12.6. The first-order chi connectivity index (χ1) is 5.95. The van der Waals surface area contributed by atoms with Gasteiger partial charge in [-0.25, -0.2) is 8.42 Å². The van der Waals surface area contributed by atoms with Crippen LogP contribution in [0.2, 0.25) is 0 Å². The van der Waals surface area contributed by atoms with Crippen LogP contribution in [0.3, 0.4) is 0 Å². The Morgan fingerprint density at radius 3 is 2.38 bits per heavy atom. The van der Waals surface area contributed by atoms with Gasteiger partial charge in [-0.2, -0.15) is 0 Å². The van der Waals surface area contributed by atoms with E-state index < -0.39 is 9.84 Å². The number of sulfone groups is 1. The SMILES string of the molecule is COCCC(=O)CCCS(C)(=O)=O. The molecule has 0 N–H and O–H groups in total. The van der Waals surface area contributed by atoms with Crippen molar-refractivity contribution in [3.05, 3.63) is 0 Å². The van der Waals surface area contributed by atoms with Gasteiger partial charge in [0, 0.05) is 26.2 Å². The molecule has 0 spiro atoms. The van der Waals surface area contributed by atoms with Crippen molar-refractivity contribution in [3.8, 4) is 0 Å². The number of ketones is 1. The third kappa shape index (κ3) is 9.49. The van der Waals surface area contributed by atoms with E-state index in [1.807, 2.05) is 0 Å². The fourth-order valence-electron chi connectivity index (χ4n) is 0.872. The van der Waals surface area contributed by atoms with Crippen LogP contribution in [0.25, 0.3) is 0 Å². The molecule has 13 heavy (non-hydrogen) atoms.